The van der Waals surface area contributed by atoms with Gasteiger partial charge in [0.05, 0.1) is 5.70 Å². The van der Waals surface area contributed by atoms with Gasteiger partial charge in [-0.25, -0.2) is 9.97 Å². The summed E-state index contributed by atoms with van der Waals surface area (Å²) in [6.07, 6.45) is 9.64. The van der Waals surface area contributed by atoms with Crippen molar-refractivity contribution >= 4 is 11.6 Å². The van der Waals surface area contributed by atoms with Gasteiger partial charge in [-0.15, -0.1) is 0 Å². The summed E-state index contributed by atoms with van der Waals surface area (Å²) in [7, 11) is 2.16. The van der Waals surface area contributed by atoms with E-state index in [0.717, 1.165) is 37.9 Å². The number of nitrogens with zero attached hydrogens (tertiary/aromatic N) is 3. The van der Waals surface area contributed by atoms with Gasteiger partial charge in [0, 0.05) is 24.0 Å². The molecule has 6 nitrogen and oxygen atoms in total. The van der Waals surface area contributed by atoms with E-state index in [1.807, 2.05) is 13.0 Å². The Labute approximate surface area is 126 Å². The summed E-state index contributed by atoms with van der Waals surface area (Å²) >= 11 is 0. The molecule has 1 fully saturated rings. The predicted octanol–water partition coefficient (Wildman–Crippen LogP) is 2.10. The van der Waals surface area contributed by atoms with Crippen molar-refractivity contribution in [2.24, 2.45) is 0 Å². The van der Waals surface area contributed by atoms with Crippen LogP contribution in [0.5, 0.6) is 0 Å². The summed E-state index contributed by atoms with van der Waals surface area (Å²) in [5.41, 5.74) is 3.61. The van der Waals surface area contributed by atoms with Crippen LogP contribution in [0.2, 0.25) is 0 Å². The number of allylic oxidation sites excluding steroid dienone is 1. The molecular formula is C15H25N5O. The first kappa shape index (κ1) is 15.7. The van der Waals surface area contributed by atoms with Crippen molar-refractivity contribution in [1.29, 1.82) is 0 Å². The number of rotatable bonds is 5. The monoisotopic (exact) mass is 291 g/mol. The molecule has 0 spiro atoms. The van der Waals surface area contributed by atoms with Crippen LogP contribution in [0.1, 0.15) is 38.2 Å². The number of likely N-dealkylation sites (tertiary alicyclic amines) is 1. The van der Waals surface area contributed by atoms with Crippen LogP contribution in [-0.2, 0) is 0 Å². The maximum Gasteiger partial charge on any atom is 0.222 e. The second kappa shape index (κ2) is 7.95. The van der Waals surface area contributed by atoms with Crippen LogP contribution in [0.25, 0.3) is 5.70 Å². The third-order valence-corrected chi connectivity index (χ3v) is 3.78. The van der Waals surface area contributed by atoms with Gasteiger partial charge in [0.2, 0.25) is 5.95 Å². The van der Waals surface area contributed by atoms with Gasteiger partial charge in [-0.1, -0.05) is 13.0 Å². The standard InChI is InChI=1S/C15H25N5O/c1-3-5-14(19-21)12-10-16-15(17-11-12)18-13-6-4-8-20(2)9-7-13/h5,10-11,13,19,21H,3-4,6-9H2,1-2H3,(H,16,17,18). The van der Waals surface area contributed by atoms with Gasteiger partial charge in [0.25, 0.3) is 0 Å². The van der Waals surface area contributed by atoms with Gasteiger partial charge in [0.15, 0.2) is 0 Å². The SMILES string of the molecule is CCC=C(NO)c1cnc(NC2CCCN(C)CC2)nc1. The third kappa shape index (κ3) is 4.68. The second-order valence-electron chi connectivity index (χ2n) is 5.51. The first-order valence-electron chi connectivity index (χ1n) is 7.60. The van der Waals surface area contributed by atoms with Crippen LogP contribution in [0.3, 0.4) is 0 Å². The van der Waals surface area contributed by atoms with E-state index in [1.165, 1.54) is 6.42 Å². The lowest BCUT2D eigenvalue weighted by Gasteiger charge is -2.16. The van der Waals surface area contributed by atoms with E-state index in [9.17, 15) is 0 Å². The topological polar surface area (TPSA) is 73.3 Å². The Morgan fingerprint density at radius 2 is 2.14 bits per heavy atom. The molecule has 1 aromatic heterocycles. The van der Waals surface area contributed by atoms with Crippen molar-refractivity contribution in [3.63, 3.8) is 0 Å². The van der Waals surface area contributed by atoms with Crippen molar-refractivity contribution in [3.05, 3.63) is 24.0 Å². The zero-order chi connectivity index (χ0) is 15.1. The van der Waals surface area contributed by atoms with Gasteiger partial charge in [-0.2, -0.15) is 0 Å². The van der Waals surface area contributed by atoms with Crippen molar-refractivity contribution < 1.29 is 5.21 Å². The molecule has 1 aliphatic rings. The molecule has 0 bridgehead atoms. The summed E-state index contributed by atoms with van der Waals surface area (Å²) < 4.78 is 0. The number of hydroxylamine groups is 1. The second-order valence-corrected chi connectivity index (χ2v) is 5.51. The Kier molecular flexibility index (Phi) is 5.95. The lowest BCUT2D eigenvalue weighted by Crippen LogP contribution is -2.23. The van der Waals surface area contributed by atoms with Gasteiger partial charge in [-0.3, -0.25) is 10.7 Å². The largest absolute Gasteiger partial charge is 0.351 e. The number of hydrogen-bond donors (Lipinski definition) is 3. The lowest BCUT2D eigenvalue weighted by atomic mass is 10.1. The highest BCUT2D eigenvalue weighted by Crippen LogP contribution is 2.15. The van der Waals surface area contributed by atoms with Gasteiger partial charge in [0.1, 0.15) is 0 Å². The normalized spacial score (nSPS) is 20.9. The molecule has 1 saturated heterocycles. The maximum atomic E-state index is 9.10. The predicted molar refractivity (Wildman–Crippen MR) is 84.0 cm³/mol. The Balaban J connectivity index is 1.97. The lowest BCUT2D eigenvalue weighted by molar-refractivity contribution is 0.224. The average molecular weight is 291 g/mol. The zero-order valence-corrected chi connectivity index (χ0v) is 12.8. The van der Waals surface area contributed by atoms with E-state index in [4.69, 9.17) is 5.21 Å². The summed E-state index contributed by atoms with van der Waals surface area (Å²) in [4.78, 5) is 11.1. The quantitative estimate of drug-likeness (QED) is 0.722. The number of anilines is 1. The maximum absolute atomic E-state index is 9.10. The van der Waals surface area contributed by atoms with Crippen LogP contribution in [-0.4, -0.2) is 46.3 Å². The number of nitrogens with one attached hydrogen (secondary N) is 2. The highest BCUT2D eigenvalue weighted by molar-refractivity contribution is 5.61. The van der Waals surface area contributed by atoms with E-state index in [2.05, 4.69) is 32.7 Å². The van der Waals surface area contributed by atoms with Crippen molar-refractivity contribution in [1.82, 2.24) is 20.3 Å². The highest BCUT2D eigenvalue weighted by atomic mass is 16.5. The fraction of sp³-hybridized carbons (Fsp3) is 0.600. The van der Waals surface area contributed by atoms with E-state index >= 15 is 0 Å². The van der Waals surface area contributed by atoms with E-state index in [1.54, 1.807) is 12.4 Å². The summed E-state index contributed by atoms with van der Waals surface area (Å²) in [5.74, 6) is 0.655. The molecule has 0 saturated carbocycles. The van der Waals surface area contributed by atoms with Crippen molar-refractivity contribution in [3.8, 4) is 0 Å². The minimum absolute atomic E-state index is 0.433. The number of hydrogen-bond acceptors (Lipinski definition) is 6. The molecule has 1 atom stereocenters. The Hall–Kier alpha value is -1.66. The van der Waals surface area contributed by atoms with Gasteiger partial charge < -0.3 is 10.2 Å². The summed E-state index contributed by atoms with van der Waals surface area (Å²) in [6, 6.07) is 0.433. The Morgan fingerprint density at radius 3 is 2.81 bits per heavy atom. The minimum Gasteiger partial charge on any atom is -0.351 e. The Morgan fingerprint density at radius 1 is 1.38 bits per heavy atom. The first-order valence-corrected chi connectivity index (χ1v) is 7.60. The van der Waals surface area contributed by atoms with Crippen LogP contribution in [0.15, 0.2) is 18.5 Å². The molecule has 6 heteroatoms. The van der Waals surface area contributed by atoms with Gasteiger partial charge >= 0.3 is 0 Å². The molecule has 1 aromatic rings. The third-order valence-electron chi connectivity index (χ3n) is 3.78. The van der Waals surface area contributed by atoms with E-state index in [0.29, 0.717) is 17.7 Å². The van der Waals surface area contributed by atoms with Crippen molar-refractivity contribution in [2.75, 3.05) is 25.5 Å². The summed E-state index contributed by atoms with van der Waals surface area (Å²) in [5, 5.41) is 12.5. The molecular weight excluding hydrogens is 266 g/mol. The first-order chi connectivity index (χ1) is 10.2. The molecule has 116 valence electrons. The smallest absolute Gasteiger partial charge is 0.222 e. The summed E-state index contributed by atoms with van der Waals surface area (Å²) in [6.45, 7) is 4.27. The van der Waals surface area contributed by atoms with Crippen LogP contribution in [0.4, 0.5) is 5.95 Å². The molecule has 0 aliphatic carbocycles. The molecule has 2 rings (SSSR count). The molecule has 0 amide bonds. The van der Waals surface area contributed by atoms with Gasteiger partial charge in [-0.05, 0) is 45.8 Å². The molecule has 1 unspecified atom stereocenters. The zero-order valence-electron chi connectivity index (χ0n) is 12.8. The van der Waals surface area contributed by atoms with Crippen LogP contribution < -0.4 is 10.8 Å². The minimum atomic E-state index is 0.433. The fourth-order valence-electron chi connectivity index (χ4n) is 2.54. The number of aromatic nitrogens is 2. The molecule has 0 aromatic carbocycles. The molecule has 3 N–H and O–H groups in total. The van der Waals surface area contributed by atoms with E-state index in [-0.39, 0.29) is 0 Å². The van der Waals surface area contributed by atoms with E-state index < -0.39 is 0 Å². The van der Waals surface area contributed by atoms with Crippen LogP contribution in [0, 0.1) is 0 Å². The average Bonchev–Trinajstić information content (AvgIpc) is 2.70. The van der Waals surface area contributed by atoms with Crippen LogP contribution >= 0.6 is 0 Å². The fourth-order valence-corrected chi connectivity index (χ4v) is 2.54. The molecule has 21 heavy (non-hydrogen) atoms. The Bertz CT molecular complexity index is 460. The molecule has 2 heterocycles. The molecule has 1 aliphatic heterocycles. The van der Waals surface area contributed by atoms with Crippen molar-refractivity contribution in [2.45, 2.75) is 38.6 Å². The highest BCUT2D eigenvalue weighted by Gasteiger charge is 2.15. The molecule has 0 radical (unpaired) electrons.